The van der Waals surface area contributed by atoms with Gasteiger partial charge in [-0.15, -0.1) is 0 Å². The molecule has 1 aromatic rings. The smallest absolute Gasteiger partial charge is 0.353 e. The molecular formula is C11H17N5O3. The van der Waals surface area contributed by atoms with Crippen LogP contribution in [0, 0.1) is 15.5 Å². The summed E-state index contributed by atoms with van der Waals surface area (Å²) in [5.74, 6) is 0.398. The minimum absolute atomic E-state index is 0.0823. The predicted molar refractivity (Wildman–Crippen MR) is 70.1 cm³/mol. The molecule has 0 amide bonds. The number of nitrogens with zero attached hydrogens (tertiary/aromatic N) is 3. The molecule has 1 aliphatic rings. The van der Waals surface area contributed by atoms with E-state index < -0.39 is 4.92 Å². The molecule has 0 saturated heterocycles. The summed E-state index contributed by atoms with van der Waals surface area (Å²) in [4.78, 5) is 18.4. The number of hydrogen-bond donors (Lipinski definition) is 3. The van der Waals surface area contributed by atoms with E-state index in [1.165, 1.54) is 6.33 Å². The van der Waals surface area contributed by atoms with Crippen LogP contribution in [0.3, 0.4) is 0 Å². The van der Waals surface area contributed by atoms with Crippen molar-refractivity contribution in [2.45, 2.75) is 19.8 Å². The largest absolute Gasteiger partial charge is 0.396 e. The normalized spacial score (nSPS) is 15.9. The molecule has 0 spiro atoms. The van der Waals surface area contributed by atoms with Crippen LogP contribution < -0.4 is 10.6 Å². The Labute approximate surface area is 110 Å². The maximum absolute atomic E-state index is 11.1. The molecule has 104 valence electrons. The SMILES string of the molecule is CCNc1ncnc(NCC2(CO)CC2)c1[N+](=O)[O-]. The molecule has 2 rings (SSSR count). The summed E-state index contributed by atoms with van der Waals surface area (Å²) in [5, 5.41) is 26.2. The second-order valence-corrected chi connectivity index (χ2v) is 4.72. The molecule has 8 nitrogen and oxygen atoms in total. The van der Waals surface area contributed by atoms with Crippen molar-refractivity contribution in [1.82, 2.24) is 9.97 Å². The van der Waals surface area contributed by atoms with Gasteiger partial charge >= 0.3 is 5.69 Å². The molecule has 1 fully saturated rings. The summed E-state index contributed by atoms with van der Waals surface area (Å²) in [7, 11) is 0. The summed E-state index contributed by atoms with van der Waals surface area (Å²) in [6.07, 6.45) is 3.14. The Hall–Kier alpha value is -1.96. The Morgan fingerprint density at radius 3 is 2.53 bits per heavy atom. The molecule has 1 aromatic heterocycles. The Kier molecular flexibility index (Phi) is 3.79. The zero-order valence-corrected chi connectivity index (χ0v) is 10.7. The van der Waals surface area contributed by atoms with Crippen molar-refractivity contribution in [3.8, 4) is 0 Å². The summed E-state index contributed by atoms with van der Waals surface area (Å²) >= 11 is 0. The lowest BCUT2D eigenvalue weighted by atomic mass is 10.1. The maximum Gasteiger partial charge on any atom is 0.353 e. The molecule has 0 aliphatic heterocycles. The maximum atomic E-state index is 11.1. The Morgan fingerprint density at radius 1 is 1.42 bits per heavy atom. The molecule has 19 heavy (non-hydrogen) atoms. The fourth-order valence-corrected chi connectivity index (χ4v) is 1.82. The first kappa shape index (κ1) is 13.5. The van der Waals surface area contributed by atoms with Crippen LogP contribution in [0.15, 0.2) is 6.33 Å². The van der Waals surface area contributed by atoms with Crippen molar-refractivity contribution in [2.75, 3.05) is 30.3 Å². The molecule has 8 heteroatoms. The Balaban J connectivity index is 2.19. The Morgan fingerprint density at radius 2 is 2.05 bits per heavy atom. The van der Waals surface area contributed by atoms with E-state index in [2.05, 4.69) is 20.6 Å². The minimum atomic E-state index is -0.501. The van der Waals surface area contributed by atoms with Crippen molar-refractivity contribution in [3.63, 3.8) is 0 Å². The standard InChI is InChI=1S/C11H17N5O3/c1-2-12-9-8(16(18)19)10(15-7-14-9)13-5-11(6-17)3-4-11/h7,17H,2-6H2,1H3,(H2,12,13,14,15). The quantitative estimate of drug-likeness (QED) is 0.499. The molecule has 0 unspecified atom stereocenters. The summed E-state index contributed by atoms with van der Waals surface area (Å²) in [6, 6.07) is 0. The van der Waals surface area contributed by atoms with Crippen LogP contribution in [-0.2, 0) is 0 Å². The second-order valence-electron chi connectivity index (χ2n) is 4.72. The molecule has 1 heterocycles. The van der Waals surface area contributed by atoms with Crippen molar-refractivity contribution < 1.29 is 10.0 Å². The lowest BCUT2D eigenvalue weighted by molar-refractivity contribution is -0.383. The summed E-state index contributed by atoms with van der Waals surface area (Å²) in [6.45, 7) is 2.94. The van der Waals surface area contributed by atoms with Gasteiger partial charge in [-0.25, -0.2) is 9.97 Å². The van der Waals surface area contributed by atoms with Gasteiger partial charge in [-0.3, -0.25) is 10.1 Å². The van der Waals surface area contributed by atoms with Gasteiger partial charge < -0.3 is 15.7 Å². The number of nitrogens with one attached hydrogen (secondary N) is 2. The number of aliphatic hydroxyl groups excluding tert-OH is 1. The van der Waals surface area contributed by atoms with Crippen LogP contribution in [-0.4, -0.2) is 39.7 Å². The van der Waals surface area contributed by atoms with Crippen LogP contribution in [0.5, 0.6) is 0 Å². The van der Waals surface area contributed by atoms with Crippen LogP contribution in [0.1, 0.15) is 19.8 Å². The summed E-state index contributed by atoms with van der Waals surface area (Å²) in [5.41, 5.74) is -0.296. The zero-order valence-electron chi connectivity index (χ0n) is 10.7. The van der Waals surface area contributed by atoms with Gasteiger partial charge in [-0.2, -0.15) is 0 Å². The minimum Gasteiger partial charge on any atom is -0.396 e. The van der Waals surface area contributed by atoms with E-state index in [9.17, 15) is 15.2 Å². The monoisotopic (exact) mass is 267 g/mol. The number of aromatic nitrogens is 2. The van der Waals surface area contributed by atoms with Crippen molar-refractivity contribution in [1.29, 1.82) is 0 Å². The molecule has 3 N–H and O–H groups in total. The zero-order chi connectivity index (χ0) is 13.9. The molecular weight excluding hydrogens is 250 g/mol. The average molecular weight is 267 g/mol. The van der Waals surface area contributed by atoms with E-state index in [1.54, 1.807) is 0 Å². The van der Waals surface area contributed by atoms with Crippen LogP contribution in [0.25, 0.3) is 0 Å². The summed E-state index contributed by atoms with van der Waals surface area (Å²) < 4.78 is 0. The number of aliphatic hydroxyl groups is 1. The predicted octanol–water partition coefficient (Wildman–Crippen LogP) is 1.00. The van der Waals surface area contributed by atoms with E-state index in [-0.39, 0.29) is 29.3 Å². The second kappa shape index (κ2) is 5.35. The third-order valence-corrected chi connectivity index (χ3v) is 3.27. The highest BCUT2D eigenvalue weighted by Gasteiger charge is 2.42. The van der Waals surface area contributed by atoms with E-state index >= 15 is 0 Å². The highest BCUT2D eigenvalue weighted by atomic mass is 16.6. The fourth-order valence-electron chi connectivity index (χ4n) is 1.82. The van der Waals surface area contributed by atoms with Crippen LogP contribution in [0.2, 0.25) is 0 Å². The first-order chi connectivity index (χ1) is 9.12. The van der Waals surface area contributed by atoms with Gasteiger partial charge in [0, 0.05) is 18.5 Å². The van der Waals surface area contributed by atoms with Crippen molar-refractivity contribution in [3.05, 3.63) is 16.4 Å². The third-order valence-electron chi connectivity index (χ3n) is 3.27. The first-order valence-corrected chi connectivity index (χ1v) is 6.20. The highest BCUT2D eigenvalue weighted by Crippen LogP contribution is 2.45. The van der Waals surface area contributed by atoms with Gasteiger partial charge in [-0.05, 0) is 19.8 Å². The topological polar surface area (TPSA) is 113 Å². The molecule has 0 atom stereocenters. The lowest BCUT2D eigenvalue weighted by Crippen LogP contribution is -2.20. The van der Waals surface area contributed by atoms with Crippen LogP contribution in [0.4, 0.5) is 17.3 Å². The van der Waals surface area contributed by atoms with Crippen LogP contribution >= 0.6 is 0 Å². The van der Waals surface area contributed by atoms with E-state index in [4.69, 9.17) is 0 Å². The molecule has 1 aliphatic carbocycles. The van der Waals surface area contributed by atoms with E-state index in [1.807, 2.05) is 6.92 Å². The number of anilines is 2. The fraction of sp³-hybridized carbons (Fsp3) is 0.636. The average Bonchev–Trinajstić information content (AvgIpc) is 3.17. The molecule has 1 saturated carbocycles. The van der Waals surface area contributed by atoms with Crippen molar-refractivity contribution in [2.24, 2.45) is 5.41 Å². The number of nitro groups is 1. The van der Waals surface area contributed by atoms with Gasteiger partial charge in [0.25, 0.3) is 0 Å². The van der Waals surface area contributed by atoms with Gasteiger partial charge in [0.2, 0.25) is 11.6 Å². The molecule has 0 radical (unpaired) electrons. The van der Waals surface area contributed by atoms with E-state index in [0.29, 0.717) is 13.1 Å². The Bertz CT molecular complexity index is 475. The molecule has 0 aromatic carbocycles. The third kappa shape index (κ3) is 2.90. The van der Waals surface area contributed by atoms with Gasteiger partial charge in [0.1, 0.15) is 6.33 Å². The van der Waals surface area contributed by atoms with Gasteiger partial charge in [-0.1, -0.05) is 0 Å². The van der Waals surface area contributed by atoms with Gasteiger partial charge in [0.15, 0.2) is 0 Å². The van der Waals surface area contributed by atoms with E-state index in [0.717, 1.165) is 12.8 Å². The van der Waals surface area contributed by atoms with Gasteiger partial charge in [0.05, 0.1) is 11.5 Å². The number of rotatable bonds is 7. The van der Waals surface area contributed by atoms with Crippen molar-refractivity contribution >= 4 is 17.3 Å². The molecule has 0 bridgehead atoms. The first-order valence-electron chi connectivity index (χ1n) is 6.20. The highest BCUT2D eigenvalue weighted by molar-refractivity contribution is 5.69. The lowest BCUT2D eigenvalue weighted by Gasteiger charge is -2.14. The number of hydrogen-bond acceptors (Lipinski definition) is 7.